The summed E-state index contributed by atoms with van der Waals surface area (Å²) in [6.45, 7) is 2.13. The number of hydrogen-bond donors (Lipinski definition) is 0. The normalized spacial score (nSPS) is 13.0. The molecule has 276 valence electrons. The van der Waals surface area contributed by atoms with E-state index in [1.54, 1.807) is 0 Å². The van der Waals surface area contributed by atoms with E-state index in [2.05, 4.69) is 121 Å². The Morgan fingerprint density at radius 3 is 1.29 bits per heavy atom. The lowest BCUT2D eigenvalue weighted by Gasteiger charge is -2.42. The minimum absolute atomic E-state index is 0.0370. The second kappa shape index (κ2) is 13.6. The second-order valence-corrected chi connectivity index (χ2v) is 17.0. The summed E-state index contributed by atoms with van der Waals surface area (Å²) in [5.74, 6) is 3.83. The first kappa shape index (κ1) is 34.2. The lowest BCUT2D eigenvalue weighted by atomic mass is 9.34. The molecule has 3 aliphatic rings. The maximum Gasteiger partial charge on any atom is 0.252 e. The second-order valence-electron chi connectivity index (χ2n) is 14.8. The van der Waals surface area contributed by atoms with Gasteiger partial charge >= 0.3 is 0 Å². The molecular formula is C49H30BN7S2. The molecule has 0 amide bonds. The highest BCUT2D eigenvalue weighted by Crippen LogP contribution is 2.47. The zero-order valence-corrected chi connectivity index (χ0v) is 33.2. The molecule has 0 unspecified atom stereocenters. The van der Waals surface area contributed by atoms with Crippen LogP contribution >= 0.6 is 23.5 Å². The fourth-order valence-electron chi connectivity index (χ4n) is 8.44. The van der Waals surface area contributed by atoms with Crippen molar-refractivity contribution in [3.05, 3.63) is 169 Å². The number of nitrogens with zero attached hydrogens (tertiary/aromatic N) is 7. The number of hydrogen-bond acceptors (Lipinski definition) is 9. The van der Waals surface area contributed by atoms with E-state index in [0.29, 0.717) is 35.1 Å². The van der Waals surface area contributed by atoms with Gasteiger partial charge in [0.15, 0.2) is 29.1 Å². The van der Waals surface area contributed by atoms with Crippen LogP contribution in [0.2, 0.25) is 0 Å². The molecule has 7 aromatic carbocycles. The van der Waals surface area contributed by atoms with Crippen molar-refractivity contribution in [3.63, 3.8) is 0 Å². The van der Waals surface area contributed by atoms with Crippen molar-refractivity contribution < 1.29 is 0 Å². The lowest BCUT2D eigenvalue weighted by molar-refractivity contribution is 1.02. The number of rotatable bonds is 6. The minimum Gasteiger partial charge on any atom is -0.280 e. The highest BCUT2D eigenvalue weighted by molar-refractivity contribution is 8.01. The molecule has 0 radical (unpaired) electrons. The summed E-state index contributed by atoms with van der Waals surface area (Å²) in [5.41, 5.74) is 11.9. The average Bonchev–Trinajstić information content (AvgIpc) is 3.29. The fraction of sp³-hybridized carbons (Fsp3) is 0.0204. The van der Waals surface area contributed by atoms with Gasteiger partial charge in [0.05, 0.1) is 0 Å². The van der Waals surface area contributed by atoms with Crippen LogP contribution in [0.15, 0.2) is 183 Å². The van der Waals surface area contributed by atoms with Crippen molar-refractivity contribution in [1.82, 2.24) is 29.9 Å². The number of benzene rings is 7. The molecule has 0 fully saturated rings. The summed E-state index contributed by atoms with van der Waals surface area (Å²) < 4.78 is 0. The van der Waals surface area contributed by atoms with Gasteiger partial charge in [0.25, 0.3) is 6.71 Å². The molecular weight excluding hydrogens is 762 g/mol. The Labute approximate surface area is 349 Å². The molecule has 7 nitrogen and oxygen atoms in total. The number of aromatic nitrogens is 6. The third-order valence-corrected chi connectivity index (χ3v) is 13.3. The van der Waals surface area contributed by atoms with Gasteiger partial charge in [0.2, 0.25) is 5.95 Å². The Morgan fingerprint density at radius 2 is 0.797 bits per heavy atom. The van der Waals surface area contributed by atoms with E-state index in [-0.39, 0.29) is 6.71 Å². The predicted molar refractivity (Wildman–Crippen MR) is 239 cm³/mol. The topological polar surface area (TPSA) is 80.6 Å². The van der Waals surface area contributed by atoms with Crippen molar-refractivity contribution in [2.24, 2.45) is 0 Å². The van der Waals surface area contributed by atoms with Crippen LogP contribution in [-0.4, -0.2) is 36.6 Å². The van der Waals surface area contributed by atoms with Crippen molar-refractivity contribution in [2.45, 2.75) is 26.5 Å². The molecule has 59 heavy (non-hydrogen) atoms. The van der Waals surface area contributed by atoms with Gasteiger partial charge in [-0.15, -0.1) is 0 Å². The van der Waals surface area contributed by atoms with Gasteiger partial charge in [-0.25, -0.2) is 19.9 Å². The van der Waals surface area contributed by atoms with Crippen LogP contribution in [0.1, 0.15) is 5.56 Å². The Balaban J connectivity index is 1.04. The Bertz CT molecular complexity index is 3010. The SMILES string of the molecule is Cc1cccc(-c2nc(-c3ccccc3)nc(N3c4cccc5c4B4c6c(cc(-c7nc(-c8ccccc8)nc(-c8ccccc8)n7)cc6Sc6cccc3c64)S5)n2)c1. The van der Waals surface area contributed by atoms with E-state index < -0.39 is 0 Å². The largest absolute Gasteiger partial charge is 0.280 e. The first-order valence-corrected chi connectivity index (χ1v) is 21.1. The molecule has 0 bridgehead atoms. The van der Waals surface area contributed by atoms with Gasteiger partial charge < -0.3 is 0 Å². The molecule has 0 atom stereocenters. The highest BCUT2D eigenvalue weighted by Gasteiger charge is 2.46. The van der Waals surface area contributed by atoms with Crippen LogP contribution in [0, 0.1) is 6.92 Å². The number of anilines is 3. The van der Waals surface area contributed by atoms with E-state index in [4.69, 9.17) is 29.9 Å². The van der Waals surface area contributed by atoms with Gasteiger partial charge in [-0.1, -0.05) is 150 Å². The summed E-state index contributed by atoms with van der Waals surface area (Å²) in [7, 11) is 0. The minimum atomic E-state index is 0.0370. The molecule has 5 heterocycles. The van der Waals surface area contributed by atoms with E-state index in [9.17, 15) is 0 Å². The molecule has 3 aliphatic heterocycles. The summed E-state index contributed by atoms with van der Waals surface area (Å²) in [6.07, 6.45) is 0. The van der Waals surface area contributed by atoms with Crippen molar-refractivity contribution in [1.29, 1.82) is 0 Å². The molecule has 10 heteroatoms. The number of aryl methyl sites for hydroxylation is 1. The maximum absolute atomic E-state index is 5.25. The Kier molecular flexibility index (Phi) is 7.89. The quantitative estimate of drug-likeness (QED) is 0.153. The maximum atomic E-state index is 5.25. The standard InChI is InChI=1S/C49H30BN7S2/c1-29-14-11-21-33(26-29)47-54-46(32-19-9-4-10-20-32)55-49(56-47)57-35-22-12-24-37-41(35)50-42-36(57)23-13-25-38(42)59-40-28-34(27-39(58-37)43(40)50)48-52-44(30-15-5-2-6-16-30)51-45(53-48)31-17-7-3-8-18-31/h2-28H,1H3. The van der Waals surface area contributed by atoms with E-state index in [1.807, 2.05) is 78.1 Å². The lowest BCUT2D eigenvalue weighted by Crippen LogP contribution is -2.62. The van der Waals surface area contributed by atoms with Crippen molar-refractivity contribution in [3.8, 4) is 56.9 Å². The monoisotopic (exact) mass is 791 g/mol. The van der Waals surface area contributed by atoms with Crippen LogP contribution in [0.5, 0.6) is 0 Å². The first-order valence-electron chi connectivity index (χ1n) is 19.5. The highest BCUT2D eigenvalue weighted by atomic mass is 32.2. The predicted octanol–water partition coefficient (Wildman–Crippen LogP) is 9.93. The first-order chi connectivity index (χ1) is 29.1. The molecule has 0 spiro atoms. The van der Waals surface area contributed by atoms with Gasteiger partial charge in [-0.2, -0.15) is 9.97 Å². The summed E-state index contributed by atoms with van der Waals surface area (Å²) in [5, 5.41) is 0. The summed E-state index contributed by atoms with van der Waals surface area (Å²) in [4.78, 5) is 37.8. The smallest absolute Gasteiger partial charge is 0.252 e. The van der Waals surface area contributed by atoms with Gasteiger partial charge in [-0.3, -0.25) is 4.90 Å². The molecule has 2 aromatic heterocycles. The molecule has 0 saturated carbocycles. The summed E-state index contributed by atoms with van der Waals surface area (Å²) in [6, 6.07) is 56.7. The molecule has 12 rings (SSSR count). The molecule has 0 saturated heterocycles. The fourth-order valence-corrected chi connectivity index (χ4v) is 11.0. The van der Waals surface area contributed by atoms with E-state index in [0.717, 1.165) is 44.8 Å². The van der Waals surface area contributed by atoms with Crippen molar-refractivity contribution >= 4 is 63.9 Å². The van der Waals surface area contributed by atoms with Gasteiger partial charge in [-0.05, 0) is 65.8 Å². The van der Waals surface area contributed by atoms with Crippen molar-refractivity contribution in [2.75, 3.05) is 4.90 Å². The van der Waals surface area contributed by atoms with E-state index >= 15 is 0 Å². The van der Waals surface area contributed by atoms with Crippen LogP contribution in [0.3, 0.4) is 0 Å². The van der Waals surface area contributed by atoms with Crippen LogP contribution in [0.25, 0.3) is 56.9 Å². The Morgan fingerprint density at radius 1 is 0.373 bits per heavy atom. The molecule has 0 N–H and O–H groups in total. The van der Waals surface area contributed by atoms with Crippen LogP contribution < -0.4 is 21.3 Å². The molecule has 0 aliphatic carbocycles. The average molecular weight is 792 g/mol. The van der Waals surface area contributed by atoms with Gasteiger partial charge in [0.1, 0.15) is 0 Å². The zero-order valence-electron chi connectivity index (χ0n) is 31.6. The van der Waals surface area contributed by atoms with Crippen LogP contribution in [0.4, 0.5) is 17.3 Å². The third kappa shape index (κ3) is 5.70. The van der Waals surface area contributed by atoms with Crippen LogP contribution in [-0.2, 0) is 0 Å². The summed E-state index contributed by atoms with van der Waals surface area (Å²) >= 11 is 3.62. The Hall–Kier alpha value is -6.88. The van der Waals surface area contributed by atoms with E-state index in [1.165, 1.54) is 36.0 Å². The van der Waals surface area contributed by atoms with Gasteiger partial charge in [0, 0.05) is 58.8 Å². The zero-order chi connectivity index (χ0) is 39.0. The third-order valence-electron chi connectivity index (χ3n) is 11.1. The molecule has 9 aromatic rings.